The summed E-state index contributed by atoms with van der Waals surface area (Å²) in [6, 6.07) is 6.75. The van der Waals surface area contributed by atoms with E-state index in [4.69, 9.17) is 0 Å². The Hall–Kier alpha value is -2.04. The summed E-state index contributed by atoms with van der Waals surface area (Å²) >= 11 is 0. The van der Waals surface area contributed by atoms with Crippen molar-refractivity contribution in [2.24, 2.45) is 0 Å². The number of urea groups is 1. The van der Waals surface area contributed by atoms with E-state index >= 15 is 0 Å². The van der Waals surface area contributed by atoms with Gasteiger partial charge in [-0.1, -0.05) is 12.1 Å². The zero-order valence-corrected chi connectivity index (χ0v) is 10.9. The second-order valence-corrected chi connectivity index (χ2v) is 4.08. The first-order chi connectivity index (χ1) is 8.52. The van der Waals surface area contributed by atoms with E-state index in [1.807, 2.05) is 31.2 Å². The molecular weight excluding hydrogens is 230 g/mol. The molecule has 0 fully saturated rings. The highest BCUT2D eigenvalue weighted by Gasteiger charge is 2.14. The zero-order valence-electron chi connectivity index (χ0n) is 10.9. The normalized spacial score (nSPS) is 11.5. The molecule has 0 aromatic heterocycles. The average molecular weight is 249 g/mol. The van der Waals surface area contributed by atoms with Crippen molar-refractivity contribution in [2.75, 3.05) is 11.9 Å². The predicted octanol–water partition coefficient (Wildman–Crippen LogP) is 1.64. The van der Waals surface area contributed by atoms with E-state index in [-0.39, 0.29) is 5.91 Å². The minimum absolute atomic E-state index is 0.359. The zero-order chi connectivity index (χ0) is 13.5. The lowest BCUT2D eigenvalue weighted by atomic mass is 10.2. The third-order valence-electron chi connectivity index (χ3n) is 2.37. The fourth-order valence-corrected chi connectivity index (χ4v) is 1.48. The summed E-state index contributed by atoms with van der Waals surface area (Å²) in [7, 11) is 0. The van der Waals surface area contributed by atoms with E-state index in [9.17, 15) is 9.59 Å². The van der Waals surface area contributed by atoms with Crippen LogP contribution in [0, 0.1) is 6.92 Å². The molecule has 3 amide bonds. The predicted molar refractivity (Wildman–Crippen MR) is 71.5 cm³/mol. The molecule has 0 aliphatic heterocycles. The highest BCUT2D eigenvalue weighted by molar-refractivity contribution is 5.97. The fourth-order valence-electron chi connectivity index (χ4n) is 1.48. The molecule has 0 heterocycles. The second-order valence-electron chi connectivity index (χ2n) is 4.08. The first-order valence-corrected chi connectivity index (χ1v) is 5.94. The van der Waals surface area contributed by atoms with E-state index in [0.717, 1.165) is 11.3 Å². The Morgan fingerprint density at radius 1 is 1.33 bits per heavy atom. The van der Waals surface area contributed by atoms with Gasteiger partial charge in [-0.05, 0) is 38.5 Å². The second kappa shape index (κ2) is 6.64. The molecule has 98 valence electrons. The molecule has 3 N–H and O–H groups in total. The Balaban J connectivity index is 2.52. The van der Waals surface area contributed by atoms with Crippen LogP contribution in [0.15, 0.2) is 24.3 Å². The van der Waals surface area contributed by atoms with E-state index in [0.29, 0.717) is 6.54 Å². The number of benzene rings is 1. The van der Waals surface area contributed by atoms with Gasteiger partial charge < -0.3 is 10.6 Å². The minimum atomic E-state index is -0.477. The monoisotopic (exact) mass is 249 g/mol. The largest absolute Gasteiger partial charge is 0.374 e. The number of rotatable bonds is 4. The van der Waals surface area contributed by atoms with Gasteiger partial charge in [-0.3, -0.25) is 10.1 Å². The molecule has 0 aliphatic carbocycles. The maximum atomic E-state index is 11.7. The lowest BCUT2D eigenvalue weighted by Crippen LogP contribution is -2.45. The molecule has 1 rings (SSSR count). The van der Waals surface area contributed by atoms with E-state index in [2.05, 4.69) is 16.0 Å². The van der Waals surface area contributed by atoms with Gasteiger partial charge in [0, 0.05) is 12.2 Å². The summed E-state index contributed by atoms with van der Waals surface area (Å²) in [5, 5.41) is 7.81. The quantitative estimate of drug-likeness (QED) is 0.759. The molecule has 1 unspecified atom stereocenters. The Kier molecular flexibility index (Phi) is 5.17. The van der Waals surface area contributed by atoms with E-state index in [1.165, 1.54) is 0 Å². The molecule has 1 atom stereocenters. The minimum Gasteiger partial charge on any atom is -0.374 e. The van der Waals surface area contributed by atoms with Crippen molar-refractivity contribution in [3.05, 3.63) is 29.8 Å². The van der Waals surface area contributed by atoms with Crippen molar-refractivity contribution in [3.8, 4) is 0 Å². The van der Waals surface area contributed by atoms with Crippen molar-refractivity contribution in [2.45, 2.75) is 26.8 Å². The molecule has 1 aromatic carbocycles. The van der Waals surface area contributed by atoms with Gasteiger partial charge in [0.2, 0.25) is 5.91 Å². The summed E-state index contributed by atoms with van der Waals surface area (Å²) in [6.07, 6.45) is 0. The van der Waals surface area contributed by atoms with Crippen LogP contribution in [0.1, 0.15) is 19.4 Å². The summed E-state index contributed by atoms with van der Waals surface area (Å²) in [5.74, 6) is -0.359. The standard InChI is InChI=1S/C13H19N3O2/c1-4-14-13(18)16-12(17)10(3)15-11-7-5-6-9(2)8-11/h5-8,10,15H,4H2,1-3H3,(H2,14,16,17,18). The number of carbonyl (C=O) groups is 2. The van der Waals surface area contributed by atoms with Crippen molar-refractivity contribution in [1.29, 1.82) is 0 Å². The van der Waals surface area contributed by atoms with Gasteiger partial charge in [-0.2, -0.15) is 0 Å². The first-order valence-electron chi connectivity index (χ1n) is 5.94. The van der Waals surface area contributed by atoms with Crippen LogP contribution in [0.5, 0.6) is 0 Å². The first kappa shape index (κ1) is 14.0. The number of hydrogen-bond acceptors (Lipinski definition) is 3. The highest BCUT2D eigenvalue weighted by atomic mass is 16.2. The number of anilines is 1. The number of amides is 3. The maximum absolute atomic E-state index is 11.7. The van der Waals surface area contributed by atoms with Crippen molar-refractivity contribution < 1.29 is 9.59 Å². The molecule has 0 bridgehead atoms. The van der Waals surface area contributed by atoms with Crippen molar-refractivity contribution >= 4 is 17.6 Å². The lowest BCUT2D eigenvalue weighted by molar-refractivity contribution is -0.120. The van der Waals surface area contributed by atoms with Gasteiger partial charge in [0.15, 0.2) is 0 Å². The number of aryl methyl sites for hydroxylation is 1. The molecule has 0 saturated carbocycles. The number of nitrogens with one attached hydrogen (secondary N) is 3. The number of imide groups is 1. The van der Waals surface area contributed by atoms with E-state index in [1.54, 1.807) is 13.8 Å². The third kappa shape index (κ3) is 4.45. The van der Waals surface area contributed by atoms with Crippen LogP contribution in [0.3, 0.4) is 0 Å². The Labute approximate surface area is 107 Å². The van der Waals surface area contributed by atoms with Gasteiger partial charge in [-0.15, -0.1) is 0 Å². The molecule has 0 saturated heterocycles. The third-order valence-corrected chi connectivity index (χ3v) is 2.37. The maximum Gasteiger partial charge on any atom is 0.321 e. The molecule has 1 aromatic rings. The molecule has 0 spiro atoms. The summed E-state index contributed by atoms with van der Waals surface area (Å²) < 4.78 is 0. The number of carbonyl (C=O) groups excluding carboxylic acids is 2. The Morgan fingerprint density at radius 3 is 2.67 bits per heavy atom. The fraction of sp³-hybridized carbons (Fsp3) is 0.385. The van der Waals surface area contributed by atoms with Crippen LogP contribution < -0.4 is 16.0 Å². The van der Waals surface area contributed by atoms with Gasteiger partial charge in [-0.25, -0.2) is 4.79 Å². The topological polar surface area (TPSA) is 70.2 Å². The van der Waals surface area contributed by atoms with Gasteiger partial charge in [0.25, 0.3) is 0 Å². The van der Waals surface area contributed by atoms with Gasteiger partial charge in [0.1, 0.15) is 6.04 Å². The Morgan fingerprint density at radius 2 is 2.06 bits per heavy atom. The van der Waals surface area contributed by atoms with Gasteiger partial charge in [0.05, 0.1) is 0 Å². The van der Waals surface area contributed by atoms with E-state index < -0.39 is 12.1 Å². The van der Waals surface area contributed by atoms with Crippen LogP contribution in [0.4, 0.5) is 10.5 Å². The summed E-state index contributed by atoms with van der Waals surface area (Å²) in [4.78, 5) is 22.9. The van der Waals surface area contributed by atoms with Gasteiger partial charge >= 0.3 is 6.03 Å². The molecule has 0 radical (unpaired) electrons. The van der Waals surface area contributed by atoms with Crippen LogP contribution in [0.25, 0.3) is 0 Å². The molecule has 18 heavy (non-hydrogen) atoms. The smallest absolute Gasteiger partial charge is 0.321 e. The summed E-state index contributed by atoms with van der Waals surface area (Å²) in [5.41, 5.74) is 1.96. The molecular formula is C13H19N3O2. The summed E-state index contributed by atoms with van der Waals surface area (Å²) in [6.45, 7) is 5.96. The van der Waals surface area contributed by atoms with Crippen LogP contribution in [-0.4, -0.2) is 24.5 Å². The molecule has 5 heteroatoms. The van der Waals surface area contributed by atoms with Crippen LogP contribution in [0.2, 0.25) is 0 Å². The van der Waals surface area contributed by atoms with Crippen molar-refractivity contribution in [3.63, 3.8) is 0 Å². The highest BCUT2D eigenvalue weighted by Crippen LogP contribution is 2.10. The average Bonchev–Trinajstić information content (AvgIpc) is 2.29. The SMILES string of the molecule is CCNC(=O)NC(=O)C(C)Nc1cccc(C)c1. The molecule has 0 aliphatic rings. The van der Waals surface area contributed by atoms with Crippen molar-refractivity contribution in [1.82, 2.24) is 10.6 Å². The Bertz CT molecular complexity index is 432. The molecule has 5 nitrogen and oxygen atoms in total. The lowest BCUT2D eigenvalue weighted by Gasteiger charge is -2.15. The van der Waals surface area contributed by atoms with Crippen LogP contribution in [-0.2, 0) is 4.79 Å². The van der Waals surface area contributed by atoms with Crippen LogP contribution >= 0.6 is 0 Å². The number of hydrogen-bond donors (Lipinski definition) is 3.